The largest absolute Gasteiger partial charge is 0.294 e. The third-order valence-corrected chi connectivity index (χ3v) is 6.71. The van der Waals surface area contributed by atoms with Gasteiger partial charge in [0.25, 0.3) is 11.1 Å². The van der Waals surface area contributed by atoms with Crippen LogP contribution in [0.5, 0.6) is 0 Å². The molecule has 0 fully saturated rings. The number of nitrogens with zero attached hydrogens (tertiary/aromatic N) is 3. The molecular weight excluding hydrogens is 442 g/mol. The Kier molecular flexibility index (Phi) is 5.83. The number of rotatable bonds is 4. The monoisotopic (exact) mass is 465 g/mol. The number of hydrogen-bond donors (Lipinski definition) is 0. The topological polar surface area (TPSA) is 73.4 Å². The molecule has 0 saturated carbocycles. The maximum absolute atomic E-state index is 13.2. The molecule has 0 N–H and O–H groups in total. The van der Waals surface area contributed by atoms with Crippen molar-refractivity contribution in [2.75, 3.05) is 0 Å². The highest BCUT2D eigenvalue weighted by Crippen LogP contribution is 2.15. The molecule has 0 aliphatic carbocycles. The second-order valence-corrected chi connectivity index (χ2v) is 10.5. The maximum atomic E-state index is 13.2. The summed E-state index contributed by atoms with van der Waals surface area (Å²) >= 11 is 2.82. The minimum absolute atomic E-state index is 0.0726. The summed E-state index contributed by atoms with van der Waals surface area (Å²) in [4.78, 5) is 43.1. The quantitative estimate of drug-likeness (QED) is 0.464. The molecule has 0 aliphatic heterocycles. The summed E-state index contributed by atoms with van der Waals surface area (Å²) in [6, 6.07) is 7.04. The van der Waals surface area contributed by atoms with E-state index >= 15 is 0 Å². The number of thiazole rings is 1. The van der Waals surface area contributed by atoms with Crippen LogP contribution in [0.2, 0.25) is 0 Å². The first-order valence-corrected chi connectivity index (χ1v) is 11.9. The first kappa shape index (κ1) is 22.1. The molecule has 32 heavy (non-hydrogen) atoms. The van der Waals surface area contributed by atoms with E-state index in [1.54, 1.807) is 23.6 Å². The van der Waals surface area contributed by atoms with Gasteiger partial charge in [-0.3, -0.25) is 23.4 Å². The predicted molar refractivity (Wildman–Crippen MR) is 130 cm³/mol. The van der Waals surface area contributed by atoms with E-state index in [9.17, 15) is 14.4 Å². The predicted octanol–water partition coefficient (Wildman–Crippen LogP) is 2.56. The van der Waals surface area contributed by atoms with Crippen LogP contribution in [-0.2, 0) is 11.3 Å². The third kappa shape index (κ3) is 4.56. The van der Waals surface area contributed by atoms with Crippen LogP contribution >= 0.6 is 22.7 Å². The highest BCUT2D eigenvalue weighted by atomic mass is 32.1. The third-order valence-electron chi connectivity index (χ3n) is 4.95. The Balaban J connectivity index is 1.89. The molecule has 4 aromatic rings. The lowest BCUT2D eigenvalue weighted by Crippen LogP contribution is -2.33. The van der Waals surface area contributed by atoms with Crippen molar-refractivity contribution in [1.82, 2.24) is 14.0 Å². The van der Waals surface area contributed by atoms with Crippen molar-refractivity contribution in [2.24, 2.45) is 5.41 Å². The number of aryl methyl sites for hydroxylation is 1. The van der Waals surface area contributed by atoms with Gasteiger partial charge < -0.3 is 0 Å². The normalized spacial score (nSPS) is 13.2. The van der Waals surface area contributed by atoms with E-state index in [2.05, 4.69) is 4.98 Å². The van der Waals surface area contributed by atoms with Crippen LogP contribution < -0.4 is 20.3 Å². The van der Waals surface area contributed by atoms with Crippen LogP contribution in [-0.4, -0.2) is 19.7 Å². The second kappa shape index (κ2) is 8.44. The van der Waals surface area contributed by atoms with Gasteiger partial charge in [0.2, 0.25) is 0 Å². The van der Waals surface area contributed by atoms with Crippen molar-refractivity contribution < 1.29 is 4.79 Å². The highest BCUT2D eigenvalue weighted by molar-refractivity contribution is 7.08. The van der Waals surface area contributed by atoms with E-state index in [-0.39, 0.29) is 23.4 Å². The van der Waals surface area contributed by atoms with Crippen molar-refractivity contribution in [2.45, 2.75) is 34.2 Å². The Morgan fingerprint density at radius 3 is 2.66 bits per heavy atom. The lowest BCUT2D eigenvalue weighted by atomic mass is 9.91. The van der Waals surface area contributed by atoms with Crippen molar-refractivity contribution in [3.63, 3.8) is 0 Å². The van der Waals surface area contributed by atoms with Crippen molar-refractivity contribution in [3.8, 4) is 0 Å². The number of carbonyl (C=O) groups excluding carboxylic acids is 1. The van der Waals surface area contributed by atoms with E-state index in [0.717, 1.165) is 11.1 Å². The van der Waals surface area contributed by atoms with Gasteiger partial charge in [-0.25, -0.2) is 4.98 Å². The zero-order valence-electron chi connectivity index (χ0n) is 18.3. The SMILES string of the molecule is Cc1ccc2nc(Cn3c(=O)/c(=C/c4ccsc4)s/c3=C\C(=O)C(C)(C)C)cc(=O)n2c1. The standard InChI is InChI=1S/C24H23N3O3S2/c1-15-5-6-20-25-17(10-21(29)26(20)12-15)13-27-22(11-19(28)24(2,3)4)32-18(23(27)30)9-16-7-8-31-14-16/h5-12,14H,13H2,1-4H3/b18-9-,22-11-. The van der Waals surface area contributed by atoms with Gasteiger partial charge in [0.05, 0.1) is 16.8 Å². The summed E-state index contributed by atoms with van der Waals surface area (Å²) in [6.45, 7) is 7.54. The first-order chi connectivity index (χ1) is 15.1. The summed E-state index contributed by atoms with van der Waals surface area (Å²) in [7, 11) is 0. The smallest absolute Gasteiger partial charge is 0.269 e. The average molecular weight is 466 g/mol. The van der Waals surface area contributed by atoms with Gasteiger partial charge in [0, 0.05) is 23.8 Å². The summed E-state index contributed by atoms with van der Waals surface area (Å²) in [6.07, 6.45) is 5.08. The molecule has 164 valence electrons. The van der Waals surface area contributed by atoms with Crippen LogP contribution in [0.15, 0.2) is 50.8 Å². The molecule has 0 bridgehead atoms. The Morgan fingerprint density at radius 2 is 1.97 bits per heavy atom. The number of hydrogen-bond acceptors (Lipinski definition) is 6. The van der Waals surface area contributed by atoms with Gasteiger partial charge in [-0.2, -0.15) is 11.3 Å². The van der Waals surface area contributed by atoms with E-state index in [1.165, 1.54) is 32.4 Å². The molecule has 0 atom stereocenters. The molecular formula is C24H23N3O3S2. The van der Waals surface area contributed by atoms with Crippen molar-refractivity contribution >= 4 is 46.3 Å². The molecule has 0 radical (unpaired) electrons. The Hall–Kier alpha value is -3.10. The zero-order chi connectivity index (χ0) is 23.0. The van der Waals surface area contributed by atoms with E-state index in [1.807, 2.05) is 56.7 Å². The molecule has 0 unspecified atom stereocenters. The number of thiophene rings is 1. The zero-order valence-corrected chi connectivity index (χ0v) is 19.9. The molecule has 0 amide bonds. The summed E-state index contributed by atoms with van der Waals surface area (Å²) < 4.78 is 4.09. The highest BCUT2D eigenvalue weighted by Gasteiger charge is 2.20. The first-order valence-electron chi connectivity index (χ1n) is 10.1. The van der Waals surface area contributed by atoms with Gasteiger partial charge >= 0.3 is 0 Å². The van der Waals surface area contributed by atoms with Gasteiger partial charge in [-0.1, -0.05) is 26.8 Å². The van der Waals surface area contributed by atoms with E-state index in [4.69, 9.17) is 0 Å². The molecule has 4 rings (SSSR count). The van der Waals surface area contributed by atoms with Crippen LogP contribution in [0.1, 0.15) is 37.6 Å². The lowest BCUT2D eigenvalue weighted by molar-refractivity contribution is -0.120. The number of aromatic nitrogens is 3. The molecule has 4 aromatic heterocycles. The fourth-order valence-corrected chi connectivity index (χ4v) is 4.79. The van der Waals surface area contributed by atoms with Gasteiger partial charge in [-0.05, 0) is 47.0 Å². The molecule has 0 spiro atoms. The second-order valence-electron chi connectivity index (χ2n) is 8.68. The molecule has 0 aliphatic rings. The van der Waals surface area contributed by atoms with Crippen LogP contribution in [0.3, 0.4) is 0 Å². The van der Waals surface area contributed by atoms with E-state index < -0.39 is 5.41 Å². The number of pyridine rings is 1. The molecule has 0 saturated heterocycles. The number of Topliss-reactive ketones (excluding diaryl/α,β-unsaturated/α-hetero) is 1. The Bertz CT molecular complexity index is 1550. The molecule has 8 heteroatoms. The Morgan fingerprint density at radius 1 is 1.19 bits per heavy atom. The van der Waals surface area contributed by atoms with Crippen LogP contribution in [0, 0.1) is 12.3 Å². The molecule has 4 heterocycles. The Labute approximate surface area is 192 Å². The molecule has 6 nitrogen and oxygen atoms in total. The summed E-state index contributed by atoms with van der Waals surface area (Å²) in [5.41, 5.74) is 1.89. The minimum Gasteiger partial charge on any atom is -0.294 e. The van der Waals surface area contributed by atoms with Gasteiger partial charge in [0.15, 0.2) is 5.78 Å². The fraction of sp³-hybridized carbons (Fsp3) is 0.250. The number of fused-ring (bicyclic) bond motifs is 1. The van der Waals surface area contributed by atoms with Crippen LogP contribution in [0.4, 0.5) is 0 Å². The lowest BCUT2D eigenvalue weighted by Gasteiger charge is -2.13. The van der Waals surface area contributed by atoms with Crippen molar-refractivity contribution in [1.29, 1.82) is 0 Å². The molecule has 0 aromatic carbocycles. The minimum atomic E-state index is -0.569. The summed E-state index contributed by atoms with van der Waals surface area (Å²) in [5, 5.41) is 3.91. The van der Waals surface area contributed by atoms with Gasteiger partial charge in [0.1, 0.15) is 10.3 Å². The average Bonchev–Trinajstić information content (AvgIpc) is 3.32. The fourth-order valence-electron chi connectivity index (χ4n) is 3.13. The van der Waals surface area contributed by atoms with Crippen molar-refractivity contribution in [3.05, 3.63) is 87.9 Å². The van der Waals surface area contributed by atoms with E-state index in [0.29, 0.717) is 20.5 Å². The number of ketones is 1. The van der Waals surface area contributed by atoms with Gasteiger partial charge in [-0.15, -0.1) is 11.3 Å². The summed E-state index contributed by atoms with van der Waals surface area (Å²) in [5.74, 6) is -0.0726. The maximum Gasteiger partial charge on any atom is 0.269 e. The van der Waals surface area contributed by atoms with Crippen LogP contribution in [0.25, 0.3) is 17.8 Å². The number of carbonyl (C=O) groups is 1.